The van der Waals surface area contributed by atoms with Crippen LogP contribution in [0, 0.1) is 6.92 Å². The molecule has 1 atom stereocenters. The van der Waals surface area contributed by atoms with E-state index < -0.39 is 23.7 Å². The van der Waals surface area contributed by atoms with Gasteiger partial charge in [-0.2, -0.15) is 0 Å². The van der Waals surface area contributed by atoms with Crippen LogP contribution in [0.5, 0.6) is 17.2 Å². The second-order valence-electron chi connectivity index (χ2n) is 9.02. The van der Waals surface area contributed by atoms with Crippen molar-refractivity contribution in [3.63, 3.8) is 0 Å². The lowest BCUT2D eigenvalue weighted by Crippen LogP contribution is -2.29. The van der Waals surface area contributed by atoms with Gasteiger partial charge in [-0.25, -0.2) is 9.78 Å². The van der Waals surface area contributed by atoms with Gasteiger partial charge in [0.25, 0.3) is 5.78 Å². The molecule has 1 unspecified atom stereocenters. The predicted octanol–water partition coefficient (Wildman–Crippen LogP) is 6.06. The van der Waals surface area contributed by atoms with Gasteiger partial charge in [0.1, 0.15) is 27.9 Å². The first-order valence-corrected chi connectivity index (χ1v) is 13.6. The van der Waals surface area contributed by atoms with E-state index in [1.807, 2.05) is 18.2 Å². The Bertz CT molecular complexity index is 1660. The van der Waals surface area contributed by atoms with E-state index in [2.05, 4.69) is 4.98 Å². The molecular weight excluding hydrogens is 544 g/mol. The Morgan fingerprint density at radius 2 is 1.68 bits per heavy atom. The minimum absolute atomic E-state index is 0.122. The number of aromatic nitrogens is 1. The lowest BCUT2D eigenvalue weighted by molar-refractivity contribution is -0.132. The number of Topliss-reactive ketones (excluding diaryl/α,β-unsaturated/α-hetero) is 1. The van der Waals surface area contributed by atoms with Crippen LogP contribution >= 0.6 is 11.3 Å². The number of aryl methyl sites for hydroxylation is 1. The van der Waals surface area contributed by atoms with E-state index in [0.717, 1.165) is 11.3 Å². The summed E-state index contributed by atoms with van der Waals surface area (Å²) in [5.41, 5.74) is 1.02. The zero-order valence-electron chi connectivity index (χ0n) is 22.5. The molecule has 0 spiro atoms. The van der Waals surface area contributed by atoms with Crippen molar-refractivity contribution in [3.05, 3.63) is 106 Å². The third-order valence-corrected chi connectivity index (χ3v) is 7.53. The Balaban J connectivity index is 1.67. The second kappa shape index (κ2) is 11.6. The fraction of sp³-hybridized carbons (Fsp3) is 0.161. The predicted molar refractivity (Wildman–Crippen MR) is 154 cm³/mol. The number of para-hydroxylation sites is 1. The highest BCUT2D eigenvalue weighted by Crippen LogP contribution is 2.45. The summed E-state index contributed by atoms with van der Waals surface area (Å²) >= 11 is 0.943. The van der Waals surface area contributed by atoms with E-state index >= 15 is 0 Å². The number of aliphatic hydroxyl groups is 1. The van der Waals surface area contributed by atoms with E-state index in [9.17, 15) is 19.5 Å². The summed E-state index contributed by atoms with van der Waals surface area (Å²) in [4.78, 5) is 45.5. The van der Waals surface area contributed by atoms with Gasteiger partial charge in [0.05, 0.1) is 31.0 Å². The first-order valence-electron chi connectivity index (χ1n) is 12.7. The number of esters is 1. The normalized spacial score (nSPS) is 16.1. The van der Waals surface area contributed by atoms with E-state index in [1.54, 1.807) is 74.5 Å². The standard InChI is InChI=1S/C31H26N2O7S/c1-4-39-30(37)28-18(2)32-31(41-28)33-25(19-10-8-15-23(16-19)40-21-12-6-5-7-13-21)24(27(35)29(33)36)26(34)20-11-9-14-22(17-20)38-3/h5-17,25,34H,4H2,1-3H3/b26-24+. The maximum atomic E-state index is 13.6. The monoisotopic (exact) mass is 570 g/mol. The summed E-state index contributed by atoms with van der Waals surface area (Å²) in [6.07, 6.45) is 0. The molecule has 1 fully saturated rings. The third kappa shape index (κ3) is 5.42. The number of rotatable bonds is 8. The fourth-order valence-corrected chi connectivity index (χ4v) is 5.50. The Morgan fingerprint density at radius 3 is 2.41 bits per heavy atom. The molecule has 4 aromatic rings. The van der Waals surface area contributed by atoms with Crippen LogP contribution in [0.1, 0.15) is 39.5 Å². The highest BCUT2D eigenvalue weighted by atomic mass is 32.1. The van der Waals surface area contributed by atoms with Crippen LogP contribution in [-0.4, -0.2) is 41.5 Å². The van der Waals surface area contributed by atoms with E-state index in [0.29, 0.717) is 34.1 Å². The molecule has 0 aliphatic carbocycles. The van der Waals surface area contributed by atoms with Crippen LogP contribution in [0.3, 0.4) is 0 Å². The molecule has 1 aliphatic rings. The number of benzene rings is 3. The van der Waals surface area contributed by atoms with E-state index in [-0.39, 0.29) is 27.9 Å². The summed E-state index contributed by atoms with van der Waals surface area (Å²) < 4.78 is 16.4. The van der Waals surface area contributed by atoms with Crippen LogP contribution in [0.4, 0.5) is 5.13 Å². The van der Waals surface area contributed by atoms with Crippen LogP contribution in [0.2, 0.25) is 0 Å². The van der Waals surface area contributed by atoms with Crippen molar-refractivity contribution in [2.24, 2.45) is 0 Å². The summed E-state index contributed by atoms with van der Waals surface area (Å²) in [5, 5.41) is 11.6. The van der Waals surface area contributed by atoms with Gasteiger partial charge in [-0.1, -0.05) is 53.8 Å². The molecule has 208 valence electrons. The van der Waals surface area contributed by atoms with E-state index in [4.69, 9.17) is 14.2 Å². The molecule has 1 amide bonds. The maximum Gasteiger partial charge on any atom is 0.350 e. The van der Waals surface area contributed by atoms with Crippen LogP contribution in [0.15, 0.2) is 84.4 Å². The van der Waals surface area contributed by atoms with E-state index in [1.165, 1.54) is 12.0 Å². The Hall–Kier alpha value is -4.96. The number of nitrogens with zero attached hydrogens (tertiary/aromatic N) is 2. The number of hydrogen-bond acceptors (Lipinski definition) is 9. The lowest BCUT2D eigenvalue weighted by Gasteiger charge is -2.23. The molecule has 1 aromatic heterocycles. The van der Waals surface area contributed by atoms with Crippen molar-refractivity contribution in [1.29, 1.82) is 0 Å². The summed E-state index contributed by atoms with van der Waals surface area (Å²) in [6, 6.07) is 21.6. The number of thiazole rings is 1. The topological polar surface area (TPSA) is 115 Å². The Kier molecular flexibility index (Phi) is 7.84. The molecule has 10 heteroatoms. The van der Waals surface area contributed by atoms with Crippen LogP contribution < -0.4 is 14.4 Å². The van der Waals surface area contributed by atoms with Gasteiger partial charge in [-0.3, -0.25) is 14.5 Å². The van der Waals surface area contributed by atoms with Crippen LogP contribution in [-0.2, 0) is 14.3 Å². The second-order valence-corrected chi connectivity index (χ2v) is 10.00. The minimum Gasteiger partial charge on any atom is -0.507 e. The Labute approximate surface area is 240 Å². The lowest BCUT2D eigenvalue weighted by atomic mass is 9.95. The largest absolute Gasteiger partial charge is 0.507 e. The average molecular weight is 571 g/mol. The first kappa shape index (κ1) is 27.6. The maximum absolute atomic E-state index is 13.6. The number of ether oxygens (including phenoxy) is 3. The quantitative estimate of drug-likeness (QED) is 0.118. The van der Waals surface area contributed by atoms with Gasteiger partial charge in [-0.15, -0.1) is 0 Å². The van der Waals surface area contributed by atoms with Crippen LogP contribution in [0.25, 0.3) is 5.76 Å². The molecule has 0 radical (unpaired) electrons. The zero-order chi connectivity index (χ0) is 29.1. The molecule has 0 bridgehead atoms. The van der Waals surface area contributed by atoms with Crippen molar-refractivity contribution in [2.75, 3.05) is 18.6 Å². The number of ketones is 1. The average Bonchev–Trinajstić information content (AvgIpc) is 3.49. The summed E-state index contributed by atoms with van der Waals surface area (Å²) in [6.45, 7) is 3.49. The number of carbonyl (C=O) groups is 3. The summed E-state index contributed by atoms with van der Waals surface area (Å²) in [7, 11) is 1.49. The van der Waals surface area contributed by atoms with Crippen molar-refractivity contribution >= 4 is 39.9 Å². The molecular formula is C31H26N2O7S. The number of carbonyl (C=O) groups excluding carboxylic acids is 3. The van der Waals surface area contributed by atoms with Crippen molar-refractivity contribution in [3.8, 4) is 17.2 Å². The first-order chi connectivity index (χ1) is 19.8. The molecule has 3 aromatic carbocycles. The number of anilines is 1. The van der Waals surface area contributed by atoms with Crippen molar-refractivity contribution < 1.29 is 33.7 Å². The molecule has 41 heavy (non-hydrogen) atoms. The molecule has 5 rings (SSSR count). The van der Waals surface area contributed by atoms with Gasteiger partial charge in [-0.05, 0) is 55.8 Å². The number of methoxy groups -OCH3 is 1. The zero-order valence-corrected chi connectivity index (χ0v) is 23.3. The van der Waals surface area contributed by atoms with Gasteiger partial charge >= 0.3 is 11.9 Å². The third-order valence-electron chi connectivity index (χ3n) is 6.39. The smallest absolute Gasteiger partial charge is 0.350 e. The molecule has 1 aliphatic heterocycles. The molecule has 9 nitrogen and oxygen atoms in total. The highest BCUT2D eigenvalue weighted by Gasteiger charge is 2.48. The number of hydrogen-bond donors (Lipinski definition) is 1. The van der Waals surface area contributed by atoms with Gasteiger partial charge in [0.15, 0.2) is 5.13 Å². The minimum atomic E-state index is -1.07. The molecule has 1 saturated heterocycles. The van der Waals surface area contributed by atoms with Gasteiger partial charge in [0, 0.05) is 5.56 Å². The molecule has 2 heterocycles. The molecule has 1 N–H and O–H groups in total. The number of aliphatic hydroxyl groups excluding tert-OH is 1. The summed E-state index contributed by atoms with van der Waals surface area (Å²) in [5.74, 6) is -1.20. The SMILES string of the molecule is CCOC(=O)c1sc(N2C(=O)C(=O)/C(=C(/O)c3cccc(OC)c3)C2c2cccc(Oc3ccccc3)c2)nc1C. The van der Waals surface area contributed by atoms with Gasteiger partial charge < -0.3 is 19.3 Å². The highest BCUT2D eigenvalue weighted by molar-refractivity contribution is 7.17. The van der Waals surface area contributed by atoms with Gasteiger partial charge in [0.2, 0.25) is 0 Å². The molecule has 0 saturated carbocycles. The number of amides is 1. The van der Waals surface area contributed by atoms with Crippen molar-refractivity contribution in [2.45, 2.75) is 19.9 Å². The van der Waals surface area contributed by atoms with Crippen molar-refractivity contribution in [1.82, 2.24) is 4.98 Å². The Morgan fingerprint density at radius 1 is 0.976 bits per heavy atom. The fourth-order valence-electron chi connectivity index (χ4n) is 4.52.